The summed E-state index contributed by atoms with van der Waals surface area (Å²) in [7, 11) is 0. The van der Waals surface area contributed by atoms with E-state index in [-0.39, 0.29) is 6.23 Å². The minimum absolute atomic E-state index is 0.371. The average Bonchev–Trinajstić information content (AvgIpc) is 3.12. The van der Waals surface area contributed by atoms with E-state index in [9.17, 15) is 5.11 Å². The predicted molar refractivity (Wildman–Crippen MR) is 114 cm³/mol. The van der Waals surface area contributed by atoms with Crippen molar-refractivity contribution >= 4 is 22.5 Å². The lowest BCUT2D eigenvalue weighted by Crippen LogP contribution is -2.41. The summed E-state index contributed by atoms with van der Waals surface area (Å²) in [4.78, 5) is 6.53. The van der Waals surface area contributed by atoms with Crippen molar-refractivity contribution in [2.75, 3.05) is 19.6 Å². The summed E-state index contributed by atoms with van der Waals surface area (Å²) in [6.07, 6.45) is 9.38. The first-order valence-electron chi connectivity index (χ1n) is 10.0. The number of nitrogens with zero attached hydrogens (tertiary/aromatic N) is 3. The Labute approximate surface area is 170 Å². The summed E-state index contributed by atoms with van der Waals surface area (Å²) in [6, 6.07) is 10.0. The number of hydrogen-bond acceptors (Lipinski definition) is 4. The highest BCUT2D eigenvalue weighted by molar-refractivity contribution is 6.30. The minimum atomic E-state index is -0.371. The van der Waals surface area contributed by atoms with E-state index in [0.29, 0.717) is 12.5 Å². The molecule has 0 spiro atoms. The van der Waals surface area contributed by atoms with Gasteiger partial charge in [0, 0.05) is 41.6 Å². The lowest BCUT2D eigenvalue weighted by molar-refractivity contribution is -0.0171. The fourth-order valence-electron chi connectivity index (χ4n) is 4.23. The maximum absolute atomic E-state index is 10.4. The van der Waals surface area contributed by atoms with Gasteiger partial charge in [-0.25, -0.2) is 0 Å². The molecule has 1 unspecified atom stereocenters. The van der Waals surface area contributed by atoms with E-state index in [0.717, 1.165) is 55.0 Å². The number of aromatic nitrogens is 2. The van der Waals surface area contributed by atoms with E-state index in [1.54, 1.807) is 0 Å². The van der Waals surface area contributed by atoms with E-state index in [2.05, 4.69) is 26.7 Å². The van der Waals surface area contributed by atoms with E-state index in [4.69, 9.17) is 17.3 Å². The first kappa shape index (κ1) is 19.4. The number of fused-ring (bicyclic) bond motifs is 1. The molecule has 3 heterocycles. The second kappa shape index (κ2) is 8.62. The largest absolute Gasteiger partial charge is 0.378 e. The van der Waals surface area contributed by atoms with Crippen LogP contribution in [0.2, 0.25) is 5.02 Å². The fourth-order valence-corrected chi connectivity index (χ4v) is 4.36. The number of piperidine rings is 1. The van der Waals surface area contributed by atoms with Crippen molar-refractivity contribution < 1.29 is 5.11 Å². The quantitative estimate of drug-likeness (QED) is 0.660. The Morgan fingerprint density at radius 1 is 1.18 bits per heavy atom. The molecule has 1 aliphatic heterocycles. The van der Waals surface area contributed by atoms with Crippen LogP contribution in [0.1, 0.15) is 37.2 Å². The highest BCUT2D eigenvalue weighted by Crippen LogP contribution is 2.36. The van der Waals surface area contributed by atoms with Gasteiger partial charge >= 0.3 is 0 Å². The van der Waals surface area contributed by atoms with Crippen LogP contribution in [-0.2, 0) is 0 Å². The van der Waals surface area contributed by atoms with Crippen LogP contribution in [0.15, 0.2) is 48.9 Å². The lowest BCUT2D eigenvalue weighted by Gasteiger charge is -2.35. The Balaban J connectivity index is 1.57. The van der Waals surface area contributed by atoms with Gasteiger partial charge in [0.05, 0.1) is 11.7 Å². The van der Waals surface area contributed by atoms with Crippen LogP contribution in [0.4, 0.5) is 0 Å². The van der Waals surface area contributed by atoms with Crippen LogP contribution in [0.3, 0.4) is 0 Å². The number of aliphatic hydroxyl groups excluding tert-OH is 1. The number of hydrogen-bond donors (Lipinski definition) is 2. The summed E-state index contributed by atoms with van der Waals surface area (Å²) in [5.74, 6) is 0.483. The van der Waals surface area contributed by atoms with Crippen LogP contribution >= 0.6 is 11.6 Å². The zero-order valence-corrected chi connectivity index (χ0v) is 16.7. The van der Waals surface area contributed by atoms with Crippen molar-refractivity contribution in [1.29, 1.82) is 0 Å². The molecule has 28 heavy (non-hydrogen) atoms. The molecule has 1 atom stereocenters. The van der Waals surface area contributed by atoms with Crippen LogP contribution in [0, 0.1) is 0 Å². The number of aliphatic hydroxyl groups is 1. The van der Waals surface area contributed by atoms with Crippen molar-refractivity contribution in [3.8, 4) is 5.69 Å². The molecule has 1 aromatic carbocycles. The van der Waals surface area contributed by atoms with Crippen molar-refractivity contribution in [3.63, 3.8) is 0 Å². The van der Waals surface area contributed by atoms with Crippen LogP contribution in [-0.4, -0.2) is 45.4 Å². The molecule has 2 aromatic heterocycles. The Kier molecular flexibility index (Phi) is 5.97. The molecule has 4 rings (SSSR count). The van der Waals surface area contributed by atoms with Gasteiger partial charge in [-0.1, -0.05) is 11.6 Å². The summed E-state index contributed by atoms with van der Waals surface area (Å²) in [5, 5.41) is 12.3. The third kappa shape index (κ3) is 3.94. The number of nitrogens with two attached hydrogens (primary N) is 1. The highest BCUT2D eigenvalue weighted by atomic mass is 35.5. The number of rotatable bonds is 6. The minimum Gasteiger partial charge on any atom is -0.378 e. The first-order valence-corrected chi connectivity index (χ1v) is 10.4. The van der Waals surface area contributed by atoms with Gasteiger partial charge in [0.1, 0.15) is 6.23 Å². The monoisotopic (exact) mass is 398 g/mol. The Morgan fingerprint density at radius 2 is 1.93 bits per heavy atom. The van der Waals surface area contributed by atoms with Crippen LogP contribution < -0.4 is 5.73 Å². The van der Waals surface area contributed by atoms with Crippen molar-refractivity contribution in [2.45, 2.75) is 37.8 Å². The molecule has 3 aromatic rings. The van der Waals surface area contributed by atoms with Crippen molar-refractivity contribution in [3.05, 3.63) is 59.5 Å². The molecular formula is C22H27ClN4O. The van der Waals surface area contributed by atoms with Crippen LogP contribution in [0.5, 0.6) is 0 Å². The van der Waals surface area contributed by atoms with E-state index in [1.165, 1.54) is 10.9 Å². The van der Waals surface area contributed by atoms with Crippen LogP contribution in [0.25, 0.3) is 16.6 Å². The molecule has 0 saturated carbocycles. The van der Waals surface area contributed by atoms with E-state index >= 15 is 0 Å². The zero-order valence-electron chi connectivity index (χ0n) is 16.0. The van der Waals surface area contributed by atoms with E-state index < -0.39 is 0 Å². The van der Waals surface area contributed by atoms with Gasteiger partial charge in [-0.15, -0.1) is 0 Å². The topological polar surface area (TPSA) is 67.3 Å². The van der Waals surface area contributed by atoms with Gasteiger partial charge < -0.3 is 15.4 Å². The highest BCUT2D eigenvalue weighted by Gasteiger charge is 2.26. The Bertz CT molecular complexity index is 916. The zero-order chi connectivity index (χ0) is 19.5. The lowest BCUT2D eigenvalue weighted by atomic mass is 9.89. The number of likely N-dealkylation sites (tertiary alicyclic amines) is 1. The summed E-state index contributed by atoms with van der Waals surface area (Å²) >= 11 is 6.06. The summed E-state index contributed by atoms with van der Waals surface area (Å²) in [5.41, 5.74) is 9.14. The average molecular weight is 399 g/mol. The molecule has 1 fully saturated rings. The molecule has 0 amide bonds. The predicted octanol–water partition coefficient (Wildman–Crippen LogP) is 3.92. The molecule has 3 N–H and O–H groups in total. The standard InChI is InChI=1S/C22H27ClN4O/c23-17-3-5-18(6-4-17)27-15-20(19-7-11-25-14-21(19)27)16-8-12-26(13-9-16)22(28)2-1-10-24/h3-7,11,14-16,22,28H,1-2,8-10,12-13,24H2. The molecule has 0 bridgehead atoms. The molecule has 0 aliphatic carbocycles. The fraction of sp³-hybridized carbons (Fsp3) is 0.409. The Hall–Kier alpha value is -1.92. The smallest absolute Gasteiger partial charge is 0.107 e. The third-order valence-electron chi connectivity index (χ3n) is 5.80. The Morgan fingerprint density at radius 3 is 2.64 bits per heavy atom. The molecule has 5 nitrogen and oxygen atoms in total. The summed E-state index contributed by atoms with van der Waals surface area (Å²) in [6.45, 7) is 2.45. The molecular weight excluding hydrogens is 372 g/mol. The number of halogens is 1. The molecule has 148 valence electrons. The number of benzene rings is 1. The molecule has 1 aliphatic rings. The first-order chi connectivity index (χ1) is 13.7. The second-order valence-corrected chi connectivity index (χ2v) is 7.98. The van der Waals surface area contributed by atoms with Gasteiger partial charge in [0.25, 0.3) is 0 Å². The van der Waals surface area contributed by atoms with Gasteiger partial charge in [-0.3, -0.25) is 9.88 Å². The maximum atomic E-state index is 10.4. The van der Waals surface area contributed by atoms with Gasteiger partial charge in [-0.05, 0) is 74.0 Å². The second-order valence-electron chi connectivity index (χ2n) is 7.55. The third-order valence-corrected chi connectivity index (χ3v) is 6.05. The van der Waals surface area contributed by atoms with Gasteiger partial charge in [-0.2, -0.15) is 0 Å². The maximum Gasteiger partial charge on any atom is 0.107 e. The molecule has 1 saturated heterocycles. The molecule has 0 radical (unpaired) electrons. The summed E-state index contributed by atoms with van der Waals surface area (Å²) < 4.78 is 2.20. The normalized spacial score (nSPS) is 17.2. The molecule has 6 heteroatoms. The van der Waals surface area contributed by atoms with Gasteiger partial charge in [0.15, 0.2) is 0 Å². The van der Waals surface area contributed by atoms with Crippen molar-refractivity contribution in [2.24, 2.45) is 5.73 Å². The number of pyridine rings is 1. The van der Waals surface area contributed by atoms with Crippen molar-refractivity contribution in [1.82, 2.24) is 14.5 Å². The van der Waals surface area contributed by atoms with Gasteiger partial charge in [0.2, 0.25) is 0 Å². The van der Waals surface area contributed by atoms with E-state index in [1.807, 2.05) is 36.7 Å². The SMILES string of the molecule is NCCCC(O)N1CCC(c2cn(-c3ccc(Cl)cc3)c3cnccc23)CC1.